The summed E-state index contributed by atoms with van der Waals surface area (Å²) in [5, 5.41) is 13.0. The van der Waals surface area contributed by atoms with Crippen LogP contribution in [0.3, 0.4) is 0 Å². The summed E-state index contributed by atoms with van der Waals surface area (Å²) in [6.07, 6.45) is 1.71. The van der Waals surface area contributed by atoms with Gasteiger partial charge in [-0.2, -0.15) is 0 Å². The second kappa shape index (κ2) is 9.98. The van der Waals surface area contributed by atoms with Crippen molar-refractivity contribution in [3.63, 3.8) is 0 Å². The smallest absolute Gasteiger partial charge is 0.411 e. The maximum absolute atomic E-state index is 11.2. The number of anilines is 2. The van der Waals surface area contributed by atoms with Crippen molar-refractivity contribution in [1.82, 2.24) is 10.6 Å². The third-order valence-electron chi connectivity index (χ3n) is 4.72. The first-order valence-electron chi connectivity index (χ1n) is 9.37. The number of thiophene rings is 1. The van der Waals surface area contributed by atoms with Gasteiger partial charge >= 0.3 is 6.09 Å². The van der Waals surface area contributed by atoms with E-state index >= 15 is 0 Å². The second-order valence-corrected chi connectivity index (χ2v) is 7.52. The van der Waals surface area contributed by atoms with E-state index in [1.165, 1.54) is 12.1 Å². The van der Waals surface area contributed by atoms with Crippen molar-refractivity contribution in [2.75, 3.05) is 37.5 Å². The lowest BCUT2D eigenvalue weighted by atomic mass is 10.1. The molecule has 1 amide bonds. The number of aliphatic imine (C=N–C) groups is 1. The molecule has 2 aromatic rings. The highest BCUT2D eigenvalue weighted by Crippen LogP contribution is 2.24. The molecule has 0 aliphatic carbocycles. The van der Waals surface area contributed by atoms with Gasteiger partial charge in [0, 0.05) is 38.4 Å². The third-order valence-corrected chi connectivity index (χ3v) is 5.65. The molecule has 1 aromatic carbocycles. The molecule has 0 saturated carbocycles. The number of carbonyl (C=O) groups excluding carboxylic acids is 1. The summed E-state index contributed by atoms with van der Waals surface area (Å²) in [6, 6.07) is 12.3. The molecule has 7 nitrogen and oxygen atoms in total. The van der Waals surface area contributed by atoms with E-state index in [0.29, 0.717) is 18.3 Å². The molecule has 0 atom stereocenters. The topological polar surface area (TPSA) is 78.0 Å². The number of rotatable bonds is 5. The third kappa shape index (κ3) is 5.63. The number of nitrogens with zero attached hydrogens (tertiary/aromatic N) is 2. The van der Waals surface area contributed by atoms with Crippen LogP contribution in [0.15, 0.2) is 46.8 Å². The predicted octanol–water partition coefficient (Wildman–Crippen LogP) is 3.26. The number of methoxy groups -OCH3 is 1. The van der Waals surface area contributed by atoms with Gasteiger partial charge in [0.2, 0.25) is 0 Å². The number of hydrogen-bond donors (Lipinski definition) is 3. The summed E-state index contributed by atoms with van der Waals surface area (Å²) in [6.45, 7) is 2.78. The number of amides is 1. The zero-order valence-corrected chi connectivity index (χ0v) is 17.1. The van der Waals surface area contributed by atoms with E-state index in [9.17, 15) is 4.79 Å². The van der Waals surface area contributed by atoms with Gasteiger partial charge in [-0.1, -0.05) is 12.1 Å². The number of nitrogens with one attached hydrogen (secondary N) is 3. The van der Waals surface area contributed by atoms with Crippen molar-refractivity contribution >= 4 is 34.1 Å². The molecule has 1 aliphatic heterocycles. The fourth-order valence-electron chi connectivity index (χ4n) is 3.14. The van der Waals surface area contributed by atoms with Gasteiger partial charge in [-0.3, -0.25) is 10.3 Å². The molecule has 28 heavy (non-hydrogen) atoms. The van der Waals surface area contributed by atoms with Crippen molar-refractivity contribution in [3.8, 4) is 0 Å². The van der Waals surface area contributed by atoms with Gasteiger partial charge in [-0.15, -0.1) is 11.3 Å². The van der Waals surface area contributed by atoms with Crippen molar-refractivity contribution in [2.45, 2.75) is 25.4 Å². The molecule has 8 heteroatoms. The Labute approximate surface area is 169 Å². The van der Waals surface area contributed by atoms with Crippen LogP contribution in [0.5, 0.6) is 0 Å². The van der Waals surface area contributed by atoms with Crippen LogP contribution < -0.4 is 20.9 Å². The number of carbonyl (C=O) groups is 1. The van der Waals surface area contributed by atoms with Crippen molar-refractivity contribution in [1.29, 1.82) is 0 Å². The van der Waals surface area contributed by atoms with Crippen LogP contribution in [0.2, 0.25) is 0 Å². The van der Waals surface area contributed by atoms with Gasteiger partial charge in [0.25, 0.3) is 0 Å². The molecule has 0 radical (unpaired) electrons. The average Bonchev–Trinajstić information content (AvgIpc) is 3.27. The lowest BCUT2D eigenvalue weighted by molar-refractivity contribution is 0.187. The van der Waals surface area contributed by atoms with Crippen LogP contribution in [0.25, 0.3) is 0 Å². The fraction of sp³-hybridized carbons (Fsp3) is 0.400. The molecule has 1 aliphatic rings. The minimum absolute atomic E-state index is 0.425. The zero-order valence-electron chi connectivity index (χ0n) is 16.3. The fourth-order valence-corrected chi connectivity index (χ4v) is 3.93. The van der Waals surface area contributed by atoms with Gasteiger partial charge in [-0.05, 0) is 48.1 Å². The summed E-state index contributed by atoms with van der Waals surface area (Å²) in [5.74, 6) is 0.811. The Morgan fingerprint density at radius 3 is 2.61 bits per heavy atom. The van der Waals surface area contributed by atoms with E-state index in [-0.39, 0.29) is 0 Å². The monoisotopic (exact) mass is 401 g/mol. The van der Waals surface area contributed by atoms with Crippen LogP contribution >= 0.6 is 11.3 Å². The lowest BCUT2D eigenvalue weighted by Crippen LogP contribution is -2.48. The number of ether oxygens (including phenoxy) is 1. The maximum atomic E-state index is 11.2. The number of benzene rings is 1. The van der Waals surface area contributed by atoms with Crippen molar-refractivity contribution in [2.24, 2.45) is 4.99 Å². The Bertz CT molecular complexity index is 768. The van der Waals surface area contributed by atoms with E-state index in [0.717, 1.165) is 37.5 Å². The Balaban J connectivity index is 1.43. The molecular weight excluding hydrogens is 374 g/mol. The summed E-state index contributed by atoms with van der Waals surface area (Å²) in [7, 11) is 3.14. The Kier molecular flexibility index (Phi) is 7.13. The molecular formula is C20H27N5O2S. The highest BCUT2D eigenvalue weighted by atomic mass is 32.1. The first-order valence-corrected chi connectivity index (χ1v) is 10.3. The molecule has 0 spiro atoms. The standard InChI is InChI=1S/C20H27N5O2S/c1-21-19(22-14-15-5-7-16(8-6-15)24-20(26)27-2)23-17-9-11-25(12-10-17)18-4-3-13-28-18/h3-8,13,17H,9-12,14H2,1-2H3,(H,24,26)(H2,21,22,23). The van der Waals surface area contributed by atoms with E-state index in [1.807, 2.05) is 24.3 Å². The van der Waals surface area contributed by atoms with E-state index < -0.39 is 6.09 Å². The normalized spacial score (nSPS) is 15.2. The van der Waals surface area contributed by atoms with Gasteiger partial charge in [0.15, 0.2) is 5.96 Å². The van der Waals surface area contributed by atoms with Crippen LogP contribution in [0, 0.1) is 0 Å². The van der Waals surface area contributed by atoms with Gasteiger partial charge in [0.1, 0.15) is 0 Å². The van der Waals surface area contributed by atoms with Crippen molar-refractivity contribution in [3.05, 3.63) is 47.3 Å². The summed E-state index contributed by atoms with van der Waals surface area (Å²) >= 11 is 1.80. The average molecular weight is 402 g/mol. The molecule has 1 fully saturated rings. The Hall–Kier alpha value is -2.74. The maximum Gasteiger partial charge on any atom is 0.411 e. The summed E-state index contributed by atoms with van der Waals surface area (Å²) in [4.78, 5) is 18.0. The molecule has 1 saturated heterocycles. The Morgan fingerprint density at radius 1 is 1.25 bits per heavy atom. The highest BCUT2D eigenvalue weighted by molar-refractivity contribution is 7.14. The van der Waals surface area contributed by atoms with Crippen LogP contribution in [-0.2, 0) is 11.3 Å². The van der Waals surface area contributed by atoms with Gasteiger partial charge in [-0.25, -0.2) is 4.79 Å². The molecule has 1 aromatic heterocycles. The lowest BCUT2D eigenvalue weighted by Gasteiger charge is -2.33. The van der Waals surface area contributed by atoms with Crippen LogP contribution in [-0.4, -0.2) is 45.3 Å². The van der Waals surface area contributed by atoms with Crippen LogP contribution in [0.1, 0.15) is 18.4 Å². The number of piperidine rings is 1. The second-order valence-electron chi connectivity index (χ2n) is 6.60. The molecule has 3 N–H and O–H groups in total. The Morgan fingerprint density at radius 2 is 2.00 bits per heavy atom. The molecule has 2 heterocycles. The first kappa shape index (κ1) is 20.0. The molecule has 3 rings (SSSR count). The van der Waals surface area contributed by atoms with E-state index in [1.54, 1.807) is 18.4 Å². The van der Waals surface area contributed by atoms with Gasteiger partial charge in [0.05, 0.1) is 12.1 Å². The predicted molar refractivity (Wildman–Crippen MR) is 115 cm³/mol. The largest absolute Gasteiger partial charge is 0.453 e. The van der Waals surface area contributed by atoms with E-state index in [2.05, 4.69) is 48.1 Å². The van der Waals surface area contributed by atoms with E-state index in [4.69, 9.17) is 0 Å². The number of hydrogen-bond acceptors (Lipinski definition) is 5. The molecule has 0 unspecified atom stereocenters. The highest BCUT2D eigenvalue weighted by Gasteiger charge is 2.20. The van der Waals surface area contributed by atoms with Crippen LogP contribution in [0.4, 0.5) is 15.5 Å². The minimum atomic E-state index is -0.472. The summed E-state index contributed by atoms with van der Waals surface area (Å²) < 4.78 is 4.59. The minimum Gasteiger partial charge on any atom is -0.453 e. The molecule has 0 bridgehead atoms. The first-order chi connectivity index (χ1) is 13.7. The summed E-state index contributed by atoms with van der Waals surface area (Å²) in [5.41, 5.74) is 1.81. The quantitative estimate of drug-likeness (QED) is 0.529. The van der Waals surface area contributed by atoms with Gasteiger partial charge < -0.3 is 20.3 Å². The SMILES string of the molecule is CN=C(NCc1ccc(NC(=O)OC)cc1)NC1CCN(c2cccs2)CC1. The molecule has 150 valence electrons. The van der Waals surface area contributed by atoms with Crippen molar-refractivity contribution < 1.29 is 9.53 Å². The number of guanidine groups is 1. The zero-order chi connectivity index (χ0) is 19.8.